The fraction of sp³-hybridized carbons (Fsp3) is 0.333. The maximum Gasteiger partial charge on any atom is 0.260 e. The summed E-state index contributed by atoms with van der Waals surface area (Å²) in [6, 6.07) is 9.42. The number of hydrogen-bond acceptors (Lipinski definition) is 8. The molecule has 34 heavy (non-hydrogen) atoms. The smallest absolute Gasteiger partial charge is 0.260 e. The lowest BCUT2D eigenvalue weighted by Gasteiger charge is -2.30. The molecule has 1 fully saturated rings. The van der Waals surface area contributed by atoms with E-state index in [2.05, 4.69) is 9.97 Å². The monoisotopic (exact) mass is 477 g/mol. The second-order valence-corrected chi connectivity index (χ2v) is 10.8. The molecule has 0 bridgehead atoms. The number of pyridine rings is 1. The van der Waals surface area contributed by atoms with Crippen molar-refractivity contribution in [3.05, 3.63) is 59.5 Å². The molecule has 0 N–H and O–H groups in total. The predicted octanol–water partition coefficient (Wildman–Crippen LogP) is 2.27. The third-order valence-corrected chi connectivity index (χ3v) is 7.95. The van der Waals surface area contributed by atoms with Crippen LogP contribution in [0.1, 0.15) is 23.2 Å². The normalized spacial score (nSPS) is 17.8. The van der Waals surface area contributed by atoms with E-state index in [1.54, 1.807) is 17.3 Å². The van der Waals surface area contributed by atoms with Crippen molar-refractivity contribution in [3.8, 4) is 17.1 Å². The van der Waals surface area contributed by atoms with E-state index in [1.807, 2.05) is 35.2 Å². The van der Waals surface area contributed by atoms with Crippen LogP contribution in [0.5, 0.6) is 5.75 Å². The molecule has 0 saturated carbocycles. The molecule has 9 nitrogen and oxygen atoms in total. The lowest BCUT2D eigenvalue weighted by atomic mass is 10.1. The average molecular weight is 478 g/mol. The molecule has 5 heterocycles. The zero-order valence-corrected chi connectivity index (χ0v) is 19.3. The lowest BCUT2D eigenvalue weighted by molar-refractivity contribution is -0.136. The number of likely N-dealkylation sites (tertiary alicyclic amines) is 1. The molecule has 1 amide bonds. The second-order valence-electron chi connectivity index (χ2n) is 8.78. The Kier molecular flexibility index (Phi) is 4.98. The van der Waals surface area contributed by atoms with Crippen molar-refractivity contribution in [3.63, 3.8) is 0 Å². The third-order valence-electron chi connectivity index (χ3n) is 6.51. The van der Waals surface area contributed by atoms with Gasteiger partial charge in [-0.15, -0.1) is 0 Å². The number of rotatable bonds is 5. The van der Waals surface area contributed by atoms with Crippen molar-refractivity contribution >= 4 is 27.2 Å². The number of amides is 1. The zero-order chi connectivity index (χ0) is 23.3. The van der Waals surface area contributed by atoms with Crippen molar-refractivity contribution in [1.82, 2.24) is 19.9 Å². The first-order valence-electron chi connectivity index (χ1n) is 11.3. The van der Waals surface area contributed by atoms with Crippen molar-refractivity contribution in [2.45, 2.75) is 24.3 Å². The van der Waals surface area contributed by atoms with Gasteiger partial charge >= 0.3 is 0 Å². The quantitative estimate of drug-likeness (QED) is 0.551. The molecule has 0 unspecified atom stereocenters. The number of fused-ring (bicyclic) bond motifs is 2. The molecule has 0 spiro atoms. The minimum Gasteiger partial charge on any atom is -0.484 e. The molecule has 6 rings (SSSR count). The summed E-state index contributed by atoms with van der Waals surface area (Å²) in [7, 11) is -3.27. The van der Waals surface area contributed by atoms with E-state index in [0.717, 1.165) is 42.7 Å². The van der Waals surface area contributed by atoms with E-state index in [9.17, 15) is 13.2 Å². The van der Waals surface area contributed by atoms with Crippen molar-refractivity contribution in [1.29, 1.82) is 0 Å². The van der Waals surface area contributed by atoms with Crippen LogP contribution in [0.25, 0.3) is 11.4 Å². The number of nitrogens with zero attached hydrogens (tertiary/aromatic N) is 5. The van der Waals surface area contributed by atoms with Gasteiger partial charge < -0.3 is 14.5 Å². The zero-order valence-electron chi connectivity index (χ0n) is 18.5. The first-order chi connectivity index (χ1) is 16.5. The van der Waals surface area contributed by atoms with Crippen LogP contribution in [0.15, 0.2) is 42.7 Å². The Bertz CT molecular complexity index is 1390. The standard InChI is InChI=1S/C24H23N5O4S/c30-22(28-9-1-10-28)13-33-18-3-2-16-6-11-29(21(16)12-18)24-19-14-34(31,32)15-20(19)26-23(27-24)17-4-7-25-8-5-17/h2-5,7-8,12H,1,6,9-11,13-15H2. The first kappa shape index (κ1) is 21.0. The molecule has 3 aliphatic heterocycles. The summed E-state index contributed by atoms with van der Waals surface area (Å²) in [4.78, 5) is 29.5. The summed E-state index contributed by atoms with van der Waals surface area (Å²) in [5.74, 6) is 1.54. The van der Waals surface area contributed by atoms with Gasteiger partial charge in [0.25, 0.3) is 5.91 Å². The fourth-order valence-corrected chi connectivity index (χ4v) is 6.08. The van der Waals surface area contributed by atoms with Crippen LogP contribution in [0, 0.1) is 0 Å². The van der Waals surface area contributed by atoms with Crippen molar-refractivity contribution in [2.75, 3.05) is 31.1 Å². The molecule has 0 aliphatic carbocycles. The number of carbonyl (C=O) groups excluding carboxylic acids is 1. The molecule has 3 aliphatic rings. The van der Waals surface area contributed by atoms with Crippen LogP contribution >= 0.6 is 0 Å². The summed E-state index contributed by atoms with van der Waals surface area (Å²) in [5, 5.41) is 0. The van der Waals surface area contributed by atoms with Crippen LogP contribution < -0.4 is 9.64 Å². The Morgan fingerprint density at radius 3 is 2.62 bits per heavy atom. The van der Waals surface area contributed by atoms with Gasteiger partial charge in [-0.25, -0.2) is 18.4 Å². The Morgan fingerprint density at radius 2 is 1.85 bits per heavy atom. The van der Waals surface area contributed by atoms with Gasteiger partial charge in [-0.2, -0.15) is 0 Å². The van der Waals surface area contributed by atoms with Gasteiger partial charge in [0.1, 0.15) is 11.6 Å². The minimum atomic E-state index is -3.27. The highest BCUT2D eigenvalue weighted by Gasteiger charge is 2.34. The highest BCUT2D eigenvalue weighted by atomic mass is 32.2. The molecule has 1 saturated heterocycles. The predicted molar refractivity (Wildman–Crippen MR) is 125 cm³/mol. The maximum atomic E-state index is 12.5. The van der Waals surface area contributed by atoms with Crippen LogP contribution in [0.2, 0.25) is 0 Å². The van der Waals surface area contributed by atoms with E-state index >= 15 is 0 Å². The molecule has 3 aromatic rings. The van der Waals surface area contributed by atoms with Gasteiger partial charge in [-0.1, -0.05) is 6.07 Å². The average Bonchev–Trinajstić information content (AvgIpc) is 3.35. The second kappa shape index (κ2) is 8.05. The van der Waals surface area contributed by atoms with Crippen molar-refractivity contribution < 1.29 is 17.9 Å². The van der Waals surface area contributed by atoms with Gasteiger partial charge in [0, 0.05) is 54.9 Å². The third kappa shape index (κ3) is 3.77. The van der Waals surface area contributed by atoms with Crippen LogP contribution in [0.4, 0.5) is 11.5 Å². The van der Waals surface area contributed by atoms with E-state index in [-0.39, 0.29) is 24.0 Å². The van der Waals surface area contributed by atoms with E-state index in [1.165, 1.54) is 0 Å². The van der Waals surface area contributed by atoms with Gasteiger partial charge in [0.05, 0.1) is 17.2 Å². The number of sulfone groups is 1. The maximum absolute atomic E-state index is 12.5. The molecule has 1 aromatic carbocycles. The first-order valence-corrected chi connectivity index (χ1v) is 13.1. The fourth-order valence-electron chi connectivity index (χ4n) is 4.59. The van der Waals surface area contributed by atoms with Gasteiger partial charge in [0.2, 0.25) is 0 Å². The van der Waals surface area contributed by atoms with Gasteiger partial charge in [0.15, 0.2) is 22.3 Å². The number of carbonyl (C=O) groups is 1. The Morgan fingerprint density at radius 1 is 1.03 bits per heavy atom. The summed E-state index contributed by atoms with van der Waals surface area (Å²) in [5.41, 5.74) is 4.03. The summed E-state index contributed by atoms with van der Waals surface area (Å²) in [6.07, 6.45) is 5.18. The highest BCUT2D eigenvalue weighted by molar-refractivity contribution is 7.90. The largest absolute Gasteiger partial charge is 0.484 e. The molecule has 10 heteroatoms. The molecule has 0 atom stereocenters. The van der Waals surface area contributed by atoms with Crippen LogP contribution in [0.3, 0.4) is 0 Å². The molecular weight excluding hydrogens is 454 g/mol. The molecule has 0 radical (unpaired) electrons. The Balaban J connectivity index is 1.36. The van der Waals surface area contributed by atoms with E-state index < -0.39 is 9.84 Å². The lowest BCUT2D eigenvalue weighted by Crippen LogP contribution is -2.44. The SMILES string of the molecule is O=C(COc1ccc2c(c1)N(c1nc(-c3ccncc3)nc3c1CS(=O)(=O)C3)CC2)N1CCC1. The summed E-state index contributed by atoms with van der Waals surface area (Å²) >= 11 is 0. The van der Waals surface area contributed by atoms with E-state index in [4.69, 9.17) is 9.72 Å². The van der Waals surface area contributed by atoms with E-state index in [0.29, 0.717) is 35.2 Å². The van der Waals surface area contributed by atoms with Crippen molar-refractivity contribution in [2.24, 2.45) is 0 Å². The Hall–Kier alpha value is -3.53. The number of hydrogen-bond donors (Lipinski definition) is 0. The molecular formula is C24H23N5O4S. The molecule has 174 valence electrons. The topological polar surface area (TPSA) is 106 Å². The van der Waals surface area contributed by atoms with Gasteiger partial charge in [-0.3, -0.25) is 9.78 Å². The minimum absolute atomic E-state index is 0.00608. The van der Waals surface area contributed by atoms with Crippen LogP contribution in [-0.4, -0.2) is 60.4 Å². The molecule has 2 aromatic heterocycles. The highest BCUT2D eigenvalue weighted by Crippen LogP contribution is 2.41. The number of ether oxygens (including phenoxy) is 1. The van der Waals surface area contributed by atoms with Gasteiger partial charge in [-0.05, 0) is 36.6 Å². The summed E-state index contributed by atoms with van der Waals surface area (Å²) in [6.45, 7) is 2.26. The number of benzene rings is 1. The summed E-state index contributed by atoms with van der Waals surface area (Å²) < 4.78 is 30.8. The number of anilines is 2. The Labute approximate surface area is 197 Å². The number of aromatic nitrogens is 3. The van der Waals surface area contributed by atoms with Crippen LogP contribution in [-0.2, 0) is 32.6 Å².